The average molecular weight is 213 g/mol. The van der Waals surface area contributed by atoms with Crippen LogP contribution in [0.15, 0.2) is 0 Å². The minimum absolute atomic E-state index is 0.0747. The van der Waals surface area contributed by atoms with Gasteiger partial charge in [-0.25, -0.2) is 0 Å². The van der Waals surface area contributed by atoms with E-state index in [-0.39, 0.29) is 11.4 Å². The molecule has 1 amide bonds. The monoisotopic (exact) mass is 213 g/mol. The van der Waals surface area contributed by atoms with E-state index in [1.807, 2.05) is 0 Å². The minimum Gasteiger partial charge on any atom is -0.351 e. The lowest BCUT2D eigenvalue weighted by molar-refractivity contribution is -0.121. The molecule has 15 heavy (non-hydrogen) atoms. The second kappa shape index (κ2) is 7.72. The Labute approximate surface area is 94.8 Å². The van der Waals surface area contributed by atoms with Gasteiger partial charge in [-0.2, -0.15) is 0 Å². The van der Waals surface area contributed by atoms with E-state index in [9.17, 15) is 4.79 Å². The maximum Gasteiger partial charge on any atom is 0.217 e. The SMILES string of the molecule is CCCCC(CCC)(CCC)NC(C)=O. The predicted octanol–water partition coefficient (Wildman–Crippen LogP) is 3.65. The molecule has 0 spiro atoms. The van der Waals surface area contributed by atoms with Crippen molar-refractivity contribution in [3.8, 4) is 0 Å². The van der Waals surface area contributed by atoms with Gasteiger partial charge in [0.15, 0.2) is 0 Å². The van der Waals surface area contributed by atoms with E-state index in [0.717, 1.165) is 32.1 Å². The lowest BCUT2D eigenvalue weighted by Crippen LogP contribution is -2.47. The third-order valence-electron chi connectivity index (χ3n) is 2.91. The lowest BCUT2D eigenvalue weighted by Gasteiger charge is -2.34. The number of rotatable bonds is 8. The summed E-state index contributed by atoms with van der Waals surface area (Å²) in [5, 5.41) is 3.19. The highest BCUT2D eigenvalue weighted by atomic mass is 16.1. The van der Waals surface area contributed by atoms with E-state index in [2.05, 4.69) is 26.1 Å². The van der Waals surface area contributed by atoms with Crippen molar-refractivity contribution in [1.29, 1.82) is 0 Å². The highest BCUT2D eigenvalue weighted by Gasteiger charge is 2.27. The van der Waals surface area contributed by atoms with Crippen molar-refractivity contribution in [3.63, 3.8) is 0 Å². The van der Waals surface area contributed by atoms with Gasteiger partial charge in [-0.1, -0.05) is 46.5 Å². The van der Waals surface area contributed by atoms with Crippen LogP contribution in [0.4, 0.5) is 0 Å². The standard InChI is InChI=1S/C13H27NO/c1-5-8-11-13(9-6-2,10-7-3)14-12(4)15/h5-11H2,1-4H3,(H,14,15). The zero-order valence-electron chi connectivity index (χ0n) is 10.9. The first-order chi connectivity index (χ1) is 7.10. The van der Waals surface area contributed by atoms with Crippen LogP contribution in [-0.2, 0) is 4.79 Å². The first-order valence-electron chi connectivity index (χ1n) is 6.39. The second-order valence-corrected chi connectivity index (χ2v) is 4.57. The van der Waals surface area contributed by atoms with Crippen molar-refractivity contribution in [1.82, 2.24) is 5.32 Å². The molecule has 0 aliphatic rings. The Morgan fingerprint density at radius 3 is 1.87 bits per heavy atom. The molecule has 0 heterocycles. The summed E-state index contributed by atoms with van der Waals surface area (Å²) < 4.78 is 0. The molecule has 0 fully saturated rings. The van der Waals surface area contributed by atoms with Crippen LogP contribution in [0.1, 0.15) is 72.6 Å². The summed E-state index contributed by atoms with van der Waals surface area (Å²) in [6, 6.07) is 0. The summed E-state index contributed by atoms with van der Waals surface area (Å²) >= 11 is 0. The molecule has 0 unspecified atom stereocenters. The van der Waals surface area contributed by atoms with Crippen molar-refractivity contribution in [3.05, 3.63) is 0 Å². The molecule has 0 aliphatic heterocycles. The fraction of sp³-hybridized carbons (Fsp3) is 0.923. The summed E-state index contributed by atoms with van der Waals surface area (Å²) in [6.45, 7) is 8.22. The summed E-state index contributed by atoms with van der Waals surface area (Å²) in [6.07, 6.45) is 8.05. The molecule has 0 aromatic carbocycles. The number of hydrogen-bond donors (Lipinski definition) is 1. The Balaban J connectivity index is 4.47. The molecule has 0 aromatic rings. The zero-order chi connectivity index (χ0) is 11.7. The molecule has 90 valence electrons. The largest absolute Gasteiger partial charge is 0.351 e. The highest BCUT2D eigenvalue weighted by Crippen LogP contribution is 2.26. The van der Waals surface area contributed by atoms with Gasteiger partial charge in [0.25, 0.3) is 0 Å². The quantitative estimate of drug-likeness (QED) is 0.655. The Morgan fingerprint density at radius 2 is 1.53 bits per heavy atom. The highest BCUT2D eigenvalue weighted by molar-refractivity contribution is 5.73. The van der Waals surface area contributed by atoms with E-state index in [1.165, 1.54) is 12.8 Å². The van der Waals surface area contributed by atoms with Crippen molar-refractivity contribution in [2.45, 2.75) is 78.2 Å². The van der Waals surface area contributed by atoms with Crippen LogP contribution in [-0.4, -0.2) is 11.4 Å². The van der Waals surface area contributed by atoms with Gasteiger partial charge in [-0.05, 0) is 19.3 Å². The number of carbonyl (C=O) groups excluding carboxylic acids is 1. The lowest BCUT2D eigenvalue weighted by atomic mass is 9.83. The minimum atomic E-state index is 0.0747. The number of amides is 1. The van der Waals surface area contributed by atoms with Gasteiger partial charge in [0.2, 0.25) is 5.91 Å². The van der Waals surface area contributed by atoms with Crippen LogP contribution in [0.3, 0.4) is 0 Å². The van der Waals surface area contributed by atoms with Crippen LogP contribution < -0.4 is 5.32 Å². The van der Waals surface area contributed by atoms with E-state index in [0.29, 0.717) is 0 Å². The van der Waals surface area contributed by atoms with Gasteiger partial charge in [0.1, 0.15) is 0 Å². The van der Waals surface area contributed by atoms with Gasteiger partial charge >= 0.3 is 0 Å². The molecule has 2 heteroatoms. The maximum atomic E-state index is 11.3. The average Bonchev–Trinajstić information content (AvgIpc) is 2.14. The Kier molecular flexibility index (Phi) is 7.45. The molecular formula is C13H27NO. The summed E-state index contributed by atoms with van der Waals surface area (Å²) in [7, 11) is 0. The number of carbonyl (C=O) groups is 1. The topological polar surface area (TPSA) is 29.1 Å². The van der Waals surface area contributed by atoms with Crippen LogP contribution in [0, 0.1) is 0 Å². The van der Waals surface area contributed by atoms with Crippen molar-refractivity contribution in [2.24, 2.45) is 0 Å². The Bertz CT molecular complexity index is 171. The molecule has 0 saturated heterocycles. The summed E-state index contributed by atoms with van der Waals surface area (Å²) in [5.41, 5.74) is 0.0747. The first-order valence-corrected chi connectivity index (χ1v) is 6.39. The summed E-state index contributed by atoms with van der Waals surface area (Å²) in [4.78, 5) is 11.3. The molecule has 0 atom stereocenters. The second-order valence-electron chi connectivity index (χ2n) is 4.57. The third-order valence-corrected chi connectivity index (χ3v) is 2.91. The van der Waals surface area contributed by atoms with Crippen molar-refractivity contribution < 1.29 is 4.79 Å². The molecule has 0 radical (unpaired) electrons. The molecule has 0 saturated carbocycles. The van der Waals surface area contributed by atoms with E-state index < -0.39 is 0 Å². The zero-order valence-corrected chi connectivity index (χ0v) is 10.9. The van der Waals surface area contributed by atoms with Gasteiger partial charge in [0.05, 0.1) is 0 Å². The van der Waals surface area contributed by atoms with Crippen LogP contribution >= 0.6 is 0 Å². The molecule has 0 aliphatic carbocycles. The van der Waals surface area contributed by atoms with Crippen molar-refractivity contribution >= 4 is 5.91 Å². The predicted molar refractivity (Wildman–Crippen MR) is 65.9 cm³/mol. The van der Waals surface area contributed by atoms with E-state index in [4.69, 9.17) is 0 Å². The van der Waals surface area contributed by atoms with E-state index >= 15 is 0 Å². The van der Waals surface area contributed by atoms with Gasteiger partial charge in [-0.3, -0.25) is 4.79 Å². The third kappa shape index (κ3) is 5.81. The van der Waals surface area contributed by atoms with Gasteiger partial charge in [0, 0.05) is 12.5 Å². The van der Waals surface area contributed by atoms with Gasteiger partial charge in [-0.15, -0.1) is 0 Å². The summed E-state index contributed by atoms with van der Waals surface area (Å²) in [5.74, 6) is 0.119. The molecule has 0 aromatic heterocycles. The number of nitrogens with one attached hydrogen (secondary N) is 1. The van der Waals surface area contributed by atoms with Crippen molar-refractivity contribution in [2.75, 3.05) is 0 Å². The molecule has 1 N–H and O–H groups in total. The molecule has 0 rings (SSSR count). The van der Waals surface area contributed by atoms with Crippen LogP contribution in [0.2, 0.25) is 0 Å². The Hall–Kier alpha value is -0.530. The van der Waals surface area contributed by atoms with Crippen LogP contribution in [0.5, 0.6) is 0 Å². The molecule has 2 nitrogen and oxygen atoms in total. The Morgan fingerprint density at radius 1 is 1.00 bits per heavy atom. The molecular weight excluding hydrogens is 186 g/mol. The van der Waals surface area contributed by atoms with Crippen LogP contribution in [0.25, 0.3) is 0 Å². The number of hydrogen-bond acceptors (Lipinski definition) is 1. The fourth-order valence-corrected chi connectivity index (χ4v) is 2.41. The maximum absolute atomic E-state index is 11.3. The van der Waals surface area contributed by atoms with E-state index in [1.54, 1.807) is 6.92 Å². The smallest absolute Gasteiger partial charge is 0.217 e. The molecule has 0 bridgehead atoms. The normalized spacial score (nSPS) is 11.5. The van der Waals surface area contributed by atoms with Gasteiger partial charge < -0.3 is 5.32 Å². The number of unbranched alkanes of at least 4 members (excludes halogenated alkanes) is 1. The fourth-order valence-electron chi connectivity index (χ4n) is 2.41. The first kappa shape index (κ1) is 14.5.